The number of carbonyl (C=O) groups is 2. The monoisotopic (exact) mass is 294 g/mol. The highest BCUT2D eigenvalue weighted by Gasteiger charge is 2.43. The topological polar surface area (TPSA) is 60.9 Å². The Morgan fingerprint density at radius 2 is 1.71 bits per heavy atom. The van der Waals surface area contributed by atoms with Crippen LogP contribution in [0.25, 0.3) is 0 Å². The van der Waals surface area contributed by atoms with Crippen molar-refractivity contribution in [3.63, 3.8) is 0 Å². The smallest absolute Gasteiger partial charge is 0.320 e. The zero-order valence-corrected chi connectivity index (χ0v) is 12.9. The first-order chi connectivity index (χ1) is 10.0. The molecule has 2 saturated heterocycles. The van der Waals surface area contributed by atoms with Gasteiger partial charge in [-0.2, -0.15) is 0 Å². The van der Waals surface area contributed by atoms with Gasteiger partial charge < -0.3 is 14.9 Å². The van der Waals surface area contributed by atoms with Crippen molar-refractivity contribution in [3.8, 4) is 0 Å². The number of hydrogen-bond donors (Lipinski definition) is 1. The molecule has 5 heteroatoms. The zero-order valence-electron chi connectivity index (χ0n) is 12.9. The van der Waals surface area contributed by atoms with Crippen LogP contribution in [0.2, 0.25) is 0 Å². The first-order valence-electron chi connectivity index (χ1n) is 8.30. The number of carboxylic acids is 1. The normalized spacial score (nSPS) is 31.9. The summed E-state index contributed by atoms with van der Waals surface area (Å²) in [6.07, 6.45) is 7.25. The van der Waals surface area contributed by atoms with Gasteiger partial charge in [0.15, 0.2) is 0 Å². The fourth-order valence-electron chi connectivity index (χ4n) is 4.23. The number of hydrogen-bond acceptors (Lipinski definition) is 2. The number of fused-ring (bicyclic) bond motifs is 1. The zero-order chi connectivity index (χ0) is 15.0. The van der Waals surface area contributed by atoms with Crippen LogP contribution < -0.4 is 0 Å². The number of urea groups is 1. The summed E-state index contributed by atoms with van der Waals surface area (Å²) in [6.45, 7) is 3.84. The summed E-state index contributed by atoms with van der Waals surface area (Å²) in [5.41, 5.74) is -0.658. The molecule has 1 aliphatic carbocycles. The second-order valence-corrected chi connectivity index (χ2v) is 7.23. The molecule has 1 saturated carbocycles. The van der Waals surface area contributed by atoms with Crippen LogP contribution in [0.1, 0.15) is 51.9 Å². The lowest BCUT2D eigenvalue weighted by Crippen LogP contribution is -2.52. The van der Waals surface area contributed by atoms with Gasteiger partial charge in [-0.3, -0.25) is 4.79 Å². The minimum Gasteiger partial charge on any atom is -0.481 e. The number of rotatable bonds is 1. The van der Waals surface area contributed by atoms with Crippen molar-refractivity contribution in [2.24, 2.45) is 11.3 Å². The van der Waals surface area contributed by atoms with E-state index in [9.17, 15) is 14.7 Å². The van der Waals surface area contributed by atoms with Gasteiger partial charge in [-0.05, 0) is 44.9 Å². The summed E-state index contributed by atoms with van der Waals surface area (Å²) in [5, 5.41) is 9.27. The molecule has 0 spiro atoms. The third-order valence-corrected chi connectivity index (χ3v) is 5.91. The van der Waals surface area contributed by atoms with E-state index in [0.29, 0.717) is 37.9 Å². The van der Waals surface area contributed by atoms with Crippen LogP contribution in [0.3, 0.4) is 0 Å². The lowest BCUT2D eigenvalue weighted by atomic mass is 9.80. The highest BCUT2D eigenvalue weighted by Crippen LogP contribution is 2.38. The molecule has 2 atom stereocenters. The van der Waals surface area contributed by atoms with Crippen LogP contribution in [0, 0.1) is 11.3 Å². The molecule has 0 aromatic carbocycles. The third kappa shape index (κ3) is 2.62. The number of nitrogens with zero attached hydrogens (tertiary/aromatic N) is 2. The molecule has 1 N–H and O–H groups in total. The van der Waals surface area contributed by atoms with Crippen LogP contribution >= 0.6 is 0 Å². The Hall–Kier alpha value is -1.26. The highest BCUT2D eigenvalue weighted by atomic mass is 16.4. The molecule has 5 nitrogen and oxygen atoms in total. The molecule has 0 bridgehead atoms. The number of carboxylic acid groups (broad SMARTS) is 1. The van der Waals surface area contributed by atoms with Gasteiger partial charge in [0, 0.05) is 25.7 Å². The molecule has 2 heterocycles. The van der Waals surface area contributed by atoms with Crippen molar-refractivity contribution in [1.29, 1.82) is 0 Å². The van der Waals surface area contributed by atoms with Gasteiger partial charge in [0.25, 0.3) is 0 Å². The van der Waals surface area contributed by atoms with E-state index in [0.717, 1.165) is 19.4 Å². The van der Waals surface area contributed by atoms with Crippen molar-refractivity contribution in [2.75, 3.05) is 19.6 Å². The summed E-state index contributed by atoms with van der Waals surface area (Å²) in [6, 6.07) is 0.593. The Bertz CT molecular complexity index is 429. The minimum atomic E-state index is -0.733. The van der Waals surface area contributed by atoms with Crippen LogP contribution in [0.4, 0.5) is 4.79 Å². The SMILES string of the molecule is CC1(C(=O)O)CCN(C(=O)N2CCC3CCCCC32)CC1. The summed E-state index contributed by atoms with van der Waals surface area (Å²) in [5.74, 6) is -0.0279. The molecule has 2 unspecified atom stereocenters. The van der Waals surface area contributed by atoms with E-state index >= 15 is 0 Å². The maximum Gasteiger partial charge on any atom is 0.320 e. The van der Waals surface area contributed by atoms with E-state index in [1.807, 2.05) is 4.90 Å². The summed E-state index contributed by atoms with van der Waals surface area (Å²) >= 11 is 0. The van der Waals surface area contributed by atoms with Crippen LogP contribution in [-0.4, -0.2) is 52.6 Å². The molecule has 21 heavy (non-hydrogen) atoms. The molecular formula is C16H26N2O3. The Morgan fingerprint density at radius 1 is 1.05 bits per heavy atom. The number of piperidine rings is 1. The molecule has 2 aliphatic heterocycles. The average Bonchev–Trinajstić information content (AvgIpc) is 2.91. The first-order valence-corrected chi connectivity index (χ1v) is 8.30. The number of carbonyl (C=O) groups excluding carboxylic acids is 1. The fourth-order valence-corrected chi connectivity index (χ4v) is 4.23. The largest absolute Gasteiger partial charge is 0.481 e. The van der Waals surface area contributed by atoms with Gasteiger partial charge >= 0.3 is 12.0 Å². The Labute approximate surface area is 126 Å². The standard InChI is InChI=1S/C16H26N2O3/c1-16(14(19)20)7-10-17(11-8-16)15(21)18-9-6-12-4-2-3-5-13(12)18/h12-13H,2-11H2,1H3,(H,19,20). The highest BCUT2D eigenvalue weighted by molar-refractivity contribution is 5.77. The van der Waals surface area contributed by atoms with Crippen LogP contribution in [-0.2, 0) is 4.79 Å². The van der Waals surface area contributed by atoms with Crippen molar-refractivity contribution in [2.45, 2.75) is 57.9 Å². The number of amides is 2. The summed E-state index contributed by atoms with van der Waals surface area (Å²) < 4.78 is 0. The molecule has 118 valence electrons. The van der Waals surface area contributed by atoms with E-state index in [1.54, 1.807) is 6.92 Å². The van der Waals surface area contributed by atoms with Crippen molar-refractivity contribution in [3.05, 3.63) is 0 Å². The van der Waals surface area contributed by atoms with Gasteiger partial charge in [0.1, 0.15) is 0 Å². The first kappa shape index (κ1) is 14.7. The Morgan fingerprint density at radius 3 is 2.38 bits per heavy atom. The predicted molar refractivity (Wildman–Crippen MR) is 79.0 cm³/mol. The van der Waals surface area contributed by atoms with E-state index < -0.39 is 11.4 Å². The van der Waals surface area contributed by atoms with Crippen molar-refractivity contribution < 1.29 is 14.7 Å². The van der Waals surface area contributed by atoms with E-state index in [4.69, 9.17) is 0 Å². The lowest BCUT2D eigenvalue weighted by Gasteiger charge is -2.40. The maximum absolute atomic E-state index is 12.7. The Balaban J connectivity index is 1.61. The molecule has 0 aromatic heterocycles. The van der Waals surface area contributed by atoms with Gasteiger partial charge in [-0.25, -0.2) is 4.79 Å². The second kappa shape index (κ2) is 5.50. The number of likely N-dealkylation sites (tertiary alicyclic amines) is 2. The van der Waals surface area contributed by atoms with Gasteiger partial charge in [0.2, 0.25) is 0 Å². The number of aliphatic carboxylic acids is 1. The van der Waals surface area contributed by atoms with E-state index in [2.05, 4.69) is 4.90 Å². The second-order valence-electron chi connectivity index (χ2n) is 7.23. The minimum absolute atomic E-state index is 0.150. The molecule has 0 radical (unpaired) electrons. The van der Waals surface area contributed by atoms with Gasteiger partial charge in [-0.1, -0.05) is 12.8 Å². The molecule has 0 aromatic rings. The van der Waals surface area contributed by atoms with Crippen LogP contribution in [0.5, 0.6) is 0 Å². The lowest BCUT2D eigenvalue weighted by molar-refractivity contribution is -0.150. The van der Waals surface area contributed by atoms with Crippen molar-refractivity contribution >= 4 is 12.0 Å². The van der Waals surface area contributed by atoms with Crippen LogP contribution in [0.15, 0.2) is 0 Å². The summed E-state index contributed by atoms with van der Waals surface area (Å²) in [7, 11) is 0. The molecule has 2 amide bonds. The average molecular weight is 294 g/mol. The summed E-state index contributed by atoms with van der Waals surface area (Å²) in [4.78, 5) is 28.0. The van der Waals surface area contributed by atoms with Crippen molar-refractivity contribution in [1.82, 2.24) is 9.80 Å². The Kier molecular flexibility index (Phi) is 3.84. The van der Waals surface area contributed by atoms with Gasteiger partial charge in [-0.15, -0.1) is 0 Å². The fraction of sp³-hybridized carbons (Fsp3) is 0.875. The molecule has 3 aliphatic rings. The quantitative estimate of drug-likeness (QED) is 0.808. The van der Waals surface area contributed by atoms with E-state index in [-0.39, 0.29) is 6.03 Å². The predicted octanol–water partition coefficient (Wildman–Crippen LogP) is 2.56. The molecule has 3 rings (SSSR count). The third-order valence-electron chi connectivity index (χ3n) is 5.91. The molecule has 3 fully saturated rings. The molecular weight excluding hydrogens is 268 g/mol. The van der Waals surface area contributed by atoms with E-state index in [1.165, 1.54) is 19.3 Å². The van der Waals surface area contributed by atoms with Gasteiger partial charge in [0.05, 0.1) is 5.41 Å². The maximum atomic E-state index is 12.7.